The van der Waals surface area contributed by atoms with Crippen LogP contribution in [0.25, 0.3) is 0 Å². The molecule has 0 bridgehead atoms. The summed E-state index contributed by atoms with van der Waals surface area (Å²) in [7, 11) is 0. The molecule has 0 heterocycles. The van der Waals surface area contributed by atoms with Gasteiger partial charge >= 0.3 is 0 Å². The zero-order valence-corrected chi connectivity index (χ0v) is 9.33. The van der Waals surface area contributed by atoms with Gasteiger partial charge in [-0.05, 0) is 12.8 Å². The van der Waals surface area contributed by atoms with Crippen molar-refractivity contribution in [3.8, 4) is 0 Å². The third-order valence-electron chi connectivity index (χ3n) is 2.15. The number of amides is 2. The van der Waals surface area contributed by atoms with Crippen molar-refractivity contribution in [3.63, 3.8) is 0 Å². The zero-order chi connectivity index (χ0) is 9.07. The normalized spacial score (nSPS) is 9.38. The van der Waals surface area contributed by atoms with Gasteiger partial charge in [0.05, 0.1) is 0 Å². The maximum Gasteiger partial charge on any atom is 0.233 e. The van der Waals surface area contributed by atoms with Gasteiger partial charge in [-0.25, -0.2) is 0 Å². The van der Waals surface area contributed by atoms with Gasteiger partial charge in [0.1, 0.15) is 5.41 Å². The first-order chi connectivity index (χ1) is 5.01. The van der Waals surface area contributed by atoms with E-state index in [0.717, 1.165) is 0 Å². The fourth-order valence-corrected chi connectivity index (χ4v) is 1.07. The molecule has 80 valence electrons. The molecule has 0 unspecified atom stereocenters. The number of hydrogen-bond acceptors (Lipinski definition) is 2. The van der Waals surface area contributed by atoms with Crippen molar-refractivity contribution in [3.05, 3.63) is 0 Å². The van der Waals surface area contributed by atoms with E-state index in [1.165, 1.54) is 0 Å². The van der Waals surface area contributed by atoms with Crippen molar-refractivity contribution in [1.82, 2.24) is 0 Å². The number of halogens is 2. The Kier molecular flexibility index (Phi) is 9.84. The Bertz CT molecular complexity index is 165. The van der Waals surface area contributed by atoms with Crippen LogP contribution in [0.15, 0.2) is 0 Å². The monoisotopic (exact) mass is 230 g/mol. The number of nitrogens with two attached hydrogens (primary N) is 2. The van der Waals surface area contributed by atoms with Crippen molar-refractivity contribution in [2.75, 3.05) is 0 Å². The Labute approximate surface area is 90.2 Å². The van der Waals surface area contributed by atoms with Gasteiger partial charge in [0.2, 0.25) is 11.8 Å². The molecule has 6 heteroatoms. The fraction of sp³-hybridized carbons (Fsp3) is 0.714. The van der Waals surface area contributed by atoms with Gasteiger partial charge in [0.25, 0.3) is 0 Å². The molecule has 0 spiro atoms. The van der Waals surface area contributed by atoms with E-state index >= 15 is 0 Å². The highest BCUT2D eigenvalue weighted by atomic mass is 35.5. The second-order valence-electron chi connectivity index (χ2n) is 2.52. The molecular formula is C7H16Cl2N2O2. The maximum atomic E-state index is 10.8. The minimum Gasteiger partial charge on any atom is -0.369 e. The van der Waals surface area contributed by atoms with Gasteiger partial charge in [-0.3, -0.25) is 9.59 Å². The fourth-order valence-electron chi connectivity index (χ4n) is 1.07. The molecule has 13 heavy (non-hydrogen) atoms. The van der Waals surface area contributed by atoms with E-state index < -0.39 is 17.2 Å². The van der Waals surface area contributed by atoms with Gasteiger partial charge in [-0.1, -0.05) is 13.8 Å². The Hall–Kier alpha value is -0.480. The van der Waals surface area contributed by atoms with Crippen molar-refractivity contribution in [2.45, 2.75) is 26.7 Å². The van der Waals surface area contributed by atoms with Gasteiger partial charge in [0, 0.05) is 0 Å². The lowest BCUT2D eigenvalue weighted by Crippen LogP contribution is -2.46. The lowest BCUT2D eigenvalue weighted by Gasteiger charge is -2.23. The highest BCUT2D eigenvalue weighted by Gasteiger charge is 2.38. The average molecular weight is 231 g/mol. The smallest absolute Gasteiger partial charge is 0.233 e. The summed E-state index contributed by atoms with van der Waals surface area (Å²) in [6.07, 6.45) is 0.738. The largest absolute Gasteiger partial charge is 0.369 e. The summed E-state index contributed by atoms with van der Waals surface area (Å²) in [5, 5.41) is 0. The van der Waals surface area contributed by atoms with Crippen molar-refractivity contribution in [1.29, 1.82) is 0 Å². The Morgan fingerprint density at radius 2 is 1.23 bits per heavy atom. The van der Waals surface area contributed by atoms with Gasteiger partial charge in [-0.2, -0.15) is 0 Å². The molecule has 0 aliphatic heterocycles. The second-order valence-corrected chi connectivity index (χ2v) is 2.52. The molecule has 0 aliphatic rings. The molecule has 0 aromatic heterocycles. The molecule has 0 saturated heterocycles. The predicted octanol–water partition coefficient (Wildman–Crippen LogP) is 0.607. The first-order valence-corrected chi connectivity index (χ1v) is 3.61. The molecule has 0 rings (SSSR count). The van der Waals surface area contributed by atoms with E-state index in [1.807, 2.05) is 0 Å². The van der Waals surface area contributed by atoms with Crippen LogP contribution in [-0.2, 0) is 9.59 Å². The molecule has 0 atom stereocenters. The minimum atomic E-state index is -1.14. The van der Waals surface area contributed by atoms with E-state index in [0.29, 0.717) is 12.8 Å². The molecule has 0 radical (unpaired) electrons. The van der Waals surface area contributed by atoms with Crippen LogP contribution in [0.4, 0.5) is 0 Å². The van der Waals surface area contributed by atoms with E-state index in [4.69, 9.17) is 11.5 Å². The molecular weight excluding hydrogens is 215 g/mol. The number of carbonyl (C=O) groups excluding carboxylic acids is 2. The molecule has 0 saturated carbocycles. The van der Waals surface area contributed by atoms with E-state index in [-0.39, 0.29) is 24.8 Å². The Morgan fingerprint density at radius 3 is 1.23 bits per heavy atom. The Balaban J connectivity index is -0.000000500. The first-order valence-electron chi connectivity index (χ1n) is 3.61. The second kappa shape index (κ2) is 6.97. The van der Waals surface area contributed by atoms with Crippen LogP contribution in [0.1, 0.15) is 26.7 Å². The van der Waals surface area contributed by atoms with Gasteiger partial charge in [-0.15, -0.1) is 24.8 Å². The quantitative estimate of drug-likeness (QED) is 0.694. The third kappa shape index (κ3) is 3.40. The van der Waals surface area contributed by atoms with Crippen molar-refractivity contribution in [2.24, 2.45) is 16.9 Å². The lowest BCUT2D eigenvalue weighted by atomic mass is 9.81. The van der Waals surface area contributed by atoms with Crippen LogP contribution in [0.5, 0.6) is 0 Å². The summed E-state index contributed by atoms with van der Waals surface area (Å²) in [6, 6.07) is 0. The van der Waals surface area contributed by atoms with E-state index in [9.17, 15) is 9.59 Å². The summed E-state index contributed by atoms with van der Waals surface area (Å²) in [5.41, 5.74) is 8.97. The highest BCUT2D eigenvalue weighted by molar-refractivity contribution is 6.03. The molecule has 0 aliphatic carbocycles. The summed E-state index contributed by atoms with van der Waals surface area (Å²) < 4.78 is 0. The molecule has 0 fully saturated rings. The molecule has 4 N–H and O–H groups in total. The lowest BCUT2D eigenvalue weighted by molar-refractivity contribution is -0.140. The van der Waals surface area contributed by atoms with Crippen LogP contribution < -0.4 is 11.5 Å². The van der Waals surface area contributed by atoms with E-state index in [2.05, 4.69) is 0 Å². The maximum absolute atomic E-state index is 10.8. The summed E-state index contributed by atoms with van der Waals surface area (Å²) >= 11 is 0. The summed E-state index contributed by atoms with van der Waals surface area (Å²) in [5.74, 6) is -1.26. The van der Waals surface area contributed by atoms with Crippen LogP contribution >= 0.6 is 24.8 Å². The standard InChI is InChI=1S/C7H14N2O2.2ClH/c1-3-7(4-2,5(8)10)6(9)11;;/h3-4H2,1-2H3,(H2,8,10)(H2,9,11);2*1H. The molecule has 4 nitrogen and oxygen atoms in total. The third-order valence-corrected chi connectivity index (χ3v) is 2.15. The highest BCUT2D eigenvalue weighted by Crippen LogP contribution is 2.24. The number of rotatable bonds is 4. The average Bonchev–Trinajstić information content (AvgIpc) is 1.90. The van der Waals surface area contributed by atoms with Crippen molar-refractivity contribution < 1.29 is 9.59 Å². The first kappa shape index (κ1) is 18.3. The number of hydrogen-bond donors (Lipinski definition) is 2. The van der Waals surface area contributed by atoms with Gasteiger partial charge in [0.15, 0.2) is 0 Å². The van der Waals surface area contributed by atoms with Crippen LogP contribution in [0, 0.1) is 5.41 Å². The number of carbonyl (C=O) groups is 2. The summed E-state index contributed by atoms with van der Waals surface area (Å²) in [4.78, 5) is 21.7. The molecule has 2 amide bonds. The Morgan fingerprint density at radius 1 is 1.00 bits per heavy atom. The van der Waals surface area contributed by atoms with Crippen molar-refractivity contribution >= 4 is 36.6 Å². The topological polar surface area (TPSA) is 86.2 Å². The molecule has 0 aromatic rings. The SMILES string of the molecule is CCC(CC)(C(N)=O)C(N)=O.Cl.Cl. The predicted molar refractivity (Wildman–Crippen MR) is 55.9 cm³/mol. The molecule has 0 aromatic carbocycles. The van der Waals surface area contributed by atoms with Crippen LogP contribution in [0.2, 0.25) is 0 Å². The van der Waals surface area contributed by atoms with E-state index in [1.54, 1.807) is 13.8 Å². The zero-order valence-electron chi connectivity index (χ0n) is 7.70. The van der Waals surface area contributed by atoms with Crippen LogP contribution in [0.3, 0.4) is 0 Å². The van der Waals surface area contributed by atoms with Gasteiger partial charge < -0.3 is 11.5 Å². The van der Waals surface area contributed by atoms with Crippen LogP contribution in [-0.4, -0.2) is 11.8 Å². The number of primary amides is 2. The minimum absolute atomic E-state index is 0. The summed E-state index contributed by atoms with van der Waals surface area (Å²) in [6.45, 7) is 3.44.